The van der Waals surface area contributed by atoms with Crippen LogP contribution in [0.25, 0.3) is 11.1 Å². The number of esters is 1. The highest BCUT2D eigenvalue weighted by Crippen LogP contribution is 2.39. The van der Waals surface area contributed by atoms with Crippen molar-refractivity contribution in [2.24, 2.45) is 0 Å². The summed E-state index contributed by atoms with van der Waals surface area (Å²) in [5.74, 6) is 1.62. The van der Waals surface area contributed by atoms with Gasteiger partial charge in [-0.1, -0.05) is 52.0 Å². The maximum atomic E-state index is 11.9. The van der Waals surface area contributed by atoms with Gasteiger partial charge in [0.25, 0.3) is 0 Å². The van der Waals surface area contributed by atoms with Gasteiger partial charge in [0.2, 0.25) is 12.2 Å². The van der Waals surface area contributed by atoms with Gasteiger partial charge in [-0.25, -0.2) is 4.98 Å². The van der Waals surface area contributed by atoms with Crippen LogP contribution in [-0.4, -0.2) is 30.5 Å². The summed E-state index contributed by atoms with van der Waals surface area (Å²) in [5, 5.41) is 0. The Morgan fingerprint density at radius 2 is 1.59 bits per heavy atom. The maximum Gasteiger partial charge on any atom is 0.312 e. The first-order valence-electron chi connectivity index (χ1n) is 12.9. The molecular weight excluding hydrogens is 430 g/mol. The van der Waals surface area contributed by atoms with Crippen LogP contribution in [0, 0.1) is 0 Å². The van der Waals surface area contributed by atoms with Crippen LogP contribution in [0.15, 0.2) is 36.5 Å². The van der Waals surface area contributed by atoms with Crippen molar-refractivity contribution in [1.29, 1.82) is 0 Å². The molecule has 1 unspecified atom stereocenters. The van der Waals surface area contributed by atoms with E-state index in [0.29, 0.717) is 12.3 Å². The van der Waals surface area contributed by atoms with Crippen LogP contribution in [0.3, 0.4) is 0 Å². The Kier molecular flexibility index (Phi) is 11.2. The molecule has 6 nitrogen and oxygen atoms in total. The molecule has 0 bridgehead atoms. The minimum absolute atomic E-state index is 0.235. The summed E-state index contributed by atoms with van der Waals surface area (Å²) in [5.41, 5.74) is 1.91. The van der Waals surface area contributed by atoms with Crippen LogP contribution < -0.4 is 14.2 Å². The van der Waals surface area contributed by atoms with Gasteiger partial charge in [-0.05, 0) is 49.4 Å². The van der Waals surface area contributed by atoms with Gasteiger partial charge in [0.05, 0.1) is 0 Å². The summed E-state index contributed by atoms with van der Waals surface area (Å²) < 4.78 is 23.0. The molecule has 1 aliphatic heterocycles. The SMILES string of the molecule is CCCCCCOCCCCC1Oc2ccc(-c3ccc(OC(=O)CCCCC)nc3)cc2O1. The zero-order chi connectivity index (χ0) is 24.0. The van der Waals surface area contributed by atoms with E-state index in [9.17, 15) is 4.79 Å². The van der Waals surface area contributed by atoms with E-state index >= 15 is 0 Å². The number of hydrogen-bond acceptors (Lipinski definition) is 6. The third-order valence-corrected chi connectivity index (χ3v) is 5.85. The third kappa shape index (κ3) is 8.64. The molecule has 0 saturated heterocycles. The van der Waals surface area contributed by atoms with Crippen molar-refractivity contribution in [2.75, 3.05) is 13.2 Å². The molecule has 0 saturated carbocycles. The molecule has 186 valence electrons. The monoisotopic (exact) mass is 469 g/mol. The molecule has 0 fully saturated rings. The normalized spacial score (nSPS) is 14.4. The number of rotatable bonds is 16. The lowest BCUT2D eigenvalue weighted by atomic mass is 10.1. The van der Waals surface area contributed by atoms with Crippen LogP contribution >= 0.6 is 0 Å². The van der Waals surface area contributed by atoms with E-state index in [1.165, 1.54) is 19.3 Å². The molecular formula is C28H39NO5. The van der Waals surface area contributed by atoms with Crippen LogP contribution in [-0.2, 0) is 9.53 Å². The number of ether oxygens (including phenoxy) is 4. The second-order valence-corrected chi connectivity index (χ2v) is 8.81. The van der Waals surface area contributed by atoms with E-state index < -0.39 is 0 Å². The number of unbranched alkanes of at least 4 members (excludes halogenated alkanes) is 6. The molecule has 0 amide bonds. The molecule has 0 N–H and O–H groups in total. The van der Waals surface area contributed by atoms with Gasteiger partial charge in [-0.15, -0.1) is 0 Å². The summed E-state index contributed by atoms with van der Waals surface area (Å²) >= 11 is 0. The van der Waals surface area contributed by atoms with E-state index in [4.69, 9.17) is 18.9 Å². The molecule has 1 aliphatic rings. The topological polar surface area (TPSA) is 66.9 Å². The van der Waals surface area contributed by atoms with Crippen LogP contribution in [0.2, 0.25) is 0 Å². The van der Waals surface area contributed by atoms with Gasteiger partial charge in [0.15, 0.2) is 11.5 Å². The number of aromatic nitrogens is 1. The zero-order valence-electron chi connectivity index (χ0n) is 20.7. The second-order valence-electron chi connectivity index (χ2n) is 8.81. The van der Waals surface area contributed by atoms with E-state index in [2.05, 4.69) is 18.8 Å². The minimum Gasteiger partial charge on any atom is -0.451 e. The Labute approximate surface area is 204 Å². The second kappa shape index (κ2) is 14.6. The van der Waals surface area contributed by atoms with Crippen molar-refractivity contribution in [2.45, 2.75) is 90.8 Å². The number of carbonyl (C=O) groups is 1. The highest BCUT2D eigenvalue weighted by Gasteiger charge is 2.24. The van der Waals surface area contributed by atoms with Crippen molar-refractivity contribution < 1.29 is 23.7 Å². The number of nitrogens with zero attached hydrogens (tertiary/aromatic N) is 1. The first-order chi connectivity index (χ1) is 16.7. The number of fused-ring (bicyclic) bond motifs is 1. The Hall–Kier alpha value is -2.60. The predicted molar refractivity (Wildman–Crippen MR) is 133 cm³/mol. The smallest absolute Gasteiger partial charge is 0.312 e. The van der Waals surface area contributed by atoms with Crippen molar-refractivity contribution in [3.8, 4) is 28.5 Å². The summed E-state index contributed by atoms with van der Waals surface area (Å²) in [6.07, 6.45) is 12.6. The lowest BCUT2D eigenvalue weighted by Crippen LogP contribution is -2.17. The Bertz CT molecular complexity index is 868. The molecule has 2 heterocycles. The third-order valence-electron chi connectivity index (χ3n) is 5.85. The molecule has 34 heavy (non-hydrogen) atoms. The van der Waals surface area contributed by atoms with Crippen LogP contribution in [0.5, 0.6) is 17.4 Å². The van der Waals surface area contributed by atoms with Crippen molar-refractivity contribution >= 4 is 5.97 Å². The molecule has 0 radical (unpaired) electrons. The maximum absolute atomic E-state index is 11.9. The molecule has 1 aromatic heterocycles. The summed E-state index contributed by atoms with van der Waals surface area (Å²) in [6, 6.07) is 9.53. The average Bonchev–Trinajstić information content (AvgIpc) is 3.26. The number of carbonyl (C=O) groups excluding carboxylic acids is 1. The van der Waals surface area contributed by atoms with Gasteiger partial charge < -0.3 is 18.9 Å². The van der Waals surface area contributed by atoms with Gasteiger partial charge in [0, 0.05) is 43.9 Å². The fraction of sp³-hybridized carbons (Fsp3) is 0.571. The fourth-order valence-corrected chi connectivity index (χ4v) is 3.85. The number of pyridine rings is 1. The quantitative estimate of drug-likeness (QED) is 0.193. The largest absolute Gasteiger partial charge is 0.451 e. The molecule has 1 aromatic carbocycles. The van der Waals surface area contributed by atoms with Crippen molar-refractivity contribution in [3.63, 3.8) is 0 Å². The highest BCUT2D eigenvalue weighted by atomic mass is 16.7. The number of benzene rings is 1. The first-order valence-corrected chi connectivity index (χ1v) is 12.9. The number of hydrogen-bond donors (Lipinski definition) is 0. The Balaban J connectivity index is 1.40. The van der Waals surface area contributed by atoms with E-state index in [1.807, 2.05) is 24.3 Å². The van der Waals surface area contributed by atoms with Gasteiger partial charge >= 0.3 is 5.97 Å². The summed E-state index contributed by atoms with van der Waals surface area (Å²) in [4.78, 5) is 16.2. The van der Waals surface area contributed by atoms with E-state index in [-0.39, 0.29) is 12.3 Å². The minimum atomic E-state index is -0.248. The van der Waals surface area contributed by atoms with Crippen molar-refractivity contribution in [1.82, 2.24) is 4.98 Å². The van der Waals surface area contributed by atoms with Gasteiger partial charge in [-0.2, -0.15) is 0 Å². The van der Waals surface area contributed by atoms with Gasteiger partial charge in [-0.3, -0.25) is 4.79 Å². The molecule has 0 spiro atoms. The van der Waals surface area contributed by atoms with Crippen molar-refractivity contribution in [3.05, 3.63) is 36.5 Å². The molecule has 1 atom stereocenters. The lowest BCUT2D eigenvalue weighted by molar-refractivity contribution is -0.134. The lowest BCUT2D eigenvalue weighted by Gasteiger charge is -2.10. The Morgan fingerprint density at radius 1 is 0.853 bits per heavy atom. The highest BCUT2D eigenvalue weighted by molar-refractivity contribution is 5.72. The standard InChI is InChI=1S/C28H39NO5/c1-3-5-7-10-18-31-19-11-9-13-28-32-24-16-14-22(20-25(24)33-28)23-15-17-26(29-21-23)34-27(30)12-8-6-4-2/h14-17,20-21,28H,3-13,18-19H2,1-2H3. The molecule has 2 aromatic rings. The zero-order valence-corrected chi connectivity index (χ0v) is 20.7. The van der Waals surface area contributed by atoms with Gasteiger partial charge in [0.1, 0.15) is 0 Å². The first kappa shape index (κ1) is 26.0. The summed E-state index contributed by atoms with van der Waals surface area (Å²) in [6.45, 7) is 5.99. The van der Waals surface area contributed by atoms with E-state index in [0.717, 1.165) is 80.8 Å². The fourth-order valence-electron chi connectivity index (χ4n) is 3.85. The molecule has 6 heteroatoms. The predicted octanol–water partition coefficient (Wildman–Crippen LogP) is 7.10. The average molecular weight is 470 g/mol. The Morgan fingerprint density at radius 3 is 2.35 bits per heavy atom. The summed E-state index contributed by atoms with van der Waals surface area (Å²) in [7, 11) is 0. The van der Waals surface area contributed by atoms with Crippen LogP contribution in [0.1, 0.15) is 84.5 Å². The molecule has 0 aliphatic carbocycles. The van der Waals surface area contributed by atoms with Crippen LogP contribution in [0.4, 0.5) is 0 Å². The van der Waals surface area contributed by atoms with E-state index in [1.54, 1.807) is 12.3 Å². The molecule has 3 rings (SSSR count).